The van der Waals surface area contributed by atoms with Gasteiger partial charge in [-0.15, -0.1) is 0 Å². The van der Waals surface area contributed by atoms with Crippen molar-refractivity contribution < 1.29 is 14.3 Å². The number of benzene rings is 2. The molecule has 3 rings (SSSR count). The third-order valence-corrected chi connectivity index (χ3v) is 3.73. The van der Waals surface area contributed by atoms with E-state index in [2.05, 4.69) is 19.1 Å². The molecule has 1 aliphatic rings. The van der Waals surface area contributed by atoms with E-state index in [0.717, 1.165) is 23.3 Å². The SMILES string of the molecule is CCOC(=O)c1ccc2c(c1)-c1ccccc1C(CC)O2. The molecule has 2 aromatic carbocycles. The molecule has 0 radical (unpaired) electrons. The molecule has 3 heteroatoms. The molecule has 0 spiro atoms. The van der Waals surface area contributed by atoms with Crippen LogP contribution in [-0.4, -0.2) is 12.6 Å². The van der Waals surface area contributed by atoms with Gasteiger partial charge in [0.05, 0.1) is 12.2 Å². The molecular formula is C18H18O3. The Labute approximate surface area is 124 Å². The highest BCUT2D eigenvalue weighted by Gasteiger charge is 2.25. The average molecular weight is 282 g/mol. The third-order valence-electron chi connectivity index (χ3n) is 3.73. The minimum Gasteiger partial charge on any atom is -0.485 e. The van der Waals surface area contributed by atoms with Crippen LogP contribution in [0, 0.1) is 0 Å². The number of hydrogen-bond donors (Lipinski definition) is 0. The summed E-state index contributed by atoms with van der Waals surface area (Å²) in [7, 11) is 0. The monoisotopic (exact) mass is 282 g/mol. The first-order valence-corrected chi connectivity index (χ1v) is 7.31. The van der Waals surface area contributed by atoms with E-state index in [0.29, 0.717) is 12.2 Å². The van der Waals surface area contributed by atoms with Gasteiger partial charge in [-0.1, -0.05) is 31.2 Å². The van der Waals surface area contributed by atoms with Gasteiger partial charge in [0, 0.05) is 11.1 Å². The Morgan fingerprint density at radius 2 is 1.95 bits per heavy atom. The first-order valence-electron chi connectivity index (χ1n) is 7.31. The van der Waals surface area contributed by atoms with Crippen molar-refractivity contribution in [2.24, 2.45) is 0 Å². The van der Waals surface area contributed by atoms with Crippen LogP contribution < -0.4 is 4.74 Å². The van der Waals surface area contributed by atoms with Crippen molar-refractivity contribution in [3.8, 4) is 16.9 Å². The fraction of sp³-hybridized carbons (Fsp3) is 0.278. The van der Waals surface area contributed by atoms with Crippen molar-refractivity contribution in [3.63, 3.8) is 0 Å². The zero-order valence-corrected chi connectivity index (χ0v) is 12.3. The third kappa shape index (κ3) is 2.40. The van der Waals surface area contributed by atoms with Crippen LogP contribution in [0.25, 0.3) is 11.1 Å². The molecule has 0 fully saturated rings. The number of carbonyl (C=O) groups is 1. The van der Waals surface area contributed by atoms with Gasteiger partial charge in [0.2, 0.25) is 0 Å². The summed E-state index contributed by atoms with van der Waals surface area (Å²) in [6.07, 6.45) is 0.984. The summed E-state index contributed by atoms with van der Waals surface area (Å²) >= 11 is 0. The van der Waals surface area contributed by atoms with E-state index in [9.17, 15) is 4.79 Å². The van der Waals surface area contributed by atoms with E-state index in [-0.39, 0.29) is 12.1 Å². The Kier molecular flexibility index (Phi) is 3.65. The highest BCUT2D eigenvalue weighted by Crippen LogP contribution is 2.43. The maximum absolute atomic E-state index is 11.9. The first kappa shape index (κ1) is 13.7. The summed E-state index contributed by atoms with van der Waals surface area (Å²) in [5.41, 5.74) is 3.83. The van der Waals surface area contributed by atoms with Crippen LogP contribution in [0.1, 0.15) is 42.3 Å². The van der Waals surface area contributed by atoms with E-state index in [1.165, 1.54) is 5.56 Å². The molecule has 0 aromatic heterocycles. The Morgan fingerprint density at radius 3 is 2.71 bits per heavy atom. The fourth-order valence-electron chi connectivity index (χ4n) is 2.73. The summed E-state index contributed by atoms with van der Waals surface area (Å²) in [5.74, 6) is 0.531. The lowest BCUT2D eigenvalue weighted by Crippen LogP contribution is -2.14. The number of esters is 1. The van der Waals surface area contributed by atoms with Gasteiger partial charge >= 0.3 is 5.97 Å². The van der Waals surface area contributed by atoms with Gasteiger partial charge in [-0.3, -0.25) is 0 Å². The van der Waals surface area contributed by atoms with E-state index in [1.807, 2.05) is 24.3 Å². The van der Waals surface area contributed by atoms with Crippen molar-refractivity contribution in [2.75, 3.05) is 6.61 Å². The van der Waals surface area contributed by atoms with Crippen LogP contribution in [-0.2, 0) is 4.74 Å². The summed E-state index contributed by atoms with van der Waals surface area (Å²) < 4.78 is 11.1. The molecule has 108 valence electrons. The van der Waals surface area contributed by atoms with Crippen molar-refractivity contribution in [1.29, 1.82) is 0 Å². The zero-order chi connectivity index (χ0) is 14.8. The second kappa shape index (κ2) is 5.60. The van der Waals surface area contributed by atoms with Crippen molar-refractivity contribution in [1.82, 2.24) is 0 Å². The molecule has 1 unspecified atom stereocenters. The molecule has 0 N–H and O–H groups in total. The van der Waals surface area contributed by atoms with Gasteiger partial charge in [0.25, 0.3) is 0 Å². The average Bonchev–Trinajstić information content (AvgIpc) is 2.53. The van der Waals surface area contributed by atoms with Crippen LogP contribution in [0.2, 0.25) is 0 Å². The number of rotatable bonds is 3. The molecule has 0 bridgehead atoms. The van der Waals surface area contributed by atoms with Crippen LogP contribution in [0.15, 0.2) is 42.5 Å². The van der Waals surface area contributed by atoms with Crippen molar-refractivity contribution >= 4 is 5.97 Å². The van der Waals surface area contributed by atoms with Crippen LogP contribution in [0.4, 0.5) is 0 Å². The van der Waals surface area contributed by atoms with Gasteiger partial charge in [-0.25, -0.2) is 4.79 Å². The number of ether oxygens (including phenoxy) is 2. The van der Waals surface area contributed by atoms with E-state index < -0.39 is 0 Å². The predicted molar refractivity (Wildman–Crippen MR) is 81.5 cm³/mol. The van der Waals surface area contributed by atoms with Gasteiger partial charge in [0.15, 0.2) is 0 Å². The quantitative estimate of drug-likeness (QED) is 0.784. The molecule has 1 atom stereocenters. The standard InChI is InChI=1S/C18H18O3/c1-3-16-14-8-6-5-7-13(14)15-11-12(18(19)20-4-2)9-10-17(15)21-16/h5-11,16H,3-4H2,1-2H3. The molecule has 0 saturated carbocycles. The molecule has 3 nitrogen and oxygen atoms in total. The number of carbonyl (C=O) groups excluding carboxylic acids is 1. The molecule has 21 heavy (non-hydrogen) atoms. The fourth-order valence-corrected chi connectivity index (χ4v) is 2.73. The van der Waals surface area contributed by atoms with E-state index >= 15 is 0 Å². The highest BCUT2D eigenvalue weighted by atomic mass is 16.5. The largest absolute Gasteiger partial charge is 0.485 e. The molecule has 0 amide bonds. The van der Waals surface area contributed by atoms with Crippen LogP contribution in [0.3, 0.4) is 0 Å². The van der Waals surface area contributed by atoms with Gasteiger partial charge in [-0.2, -0.15) is 0 Å². The molecule has 2 aromatic rings. The number of fused-ring (bicyclic) bond motifs is 3. The zero-order valence-electron chi connectivity index (χ0n) is 12.3. The topological polar surface area (TPSA) is 35.5 Å². The summed E-state index contributed by atoms with van der Waals surface area (Å²) in [4.78, 5) is 11.9. The van der Waals surface area contributed by atoms with E-state index in [4.69, 9.17) is 9.47 Å². The van der Waals surface area contributed by atoms with Gasteiger partial charge < -0.3 is 9.47 Å². The van der Waals surface area contributed by atoms with E-state index in [1.54, 1.807) is 13.0 Å². The molecule has 1 aliphatic heterocycles. The van der Waals surface area contributed by atoms with Crippen LogP contribution in [0.5, 0.6) is 5.75 Å². The normalized spacial score (nSPS) is 15.6. The molecular weight excluding hydrogens is 264 g/mol. The molecule has 0 aliphatic carbocycles. The lowest BCUT2D eigenvalue weighted by molar-refractivity contribution is 0.0526. The lowest BCUT2D eigenvalue weighted by Gasteiger charge is -2.28. The summed E-state index contributed by atoms with van der Waals surface area (Å²) in [5, 5.41) is 0. The molecule has 1 heterocycles. The summed E-state index contributed by atoms with van der Waals surface area (Å²) in [6, 6.07) is 13.7. The van der Waals surface area contributed by atoms with Crippen molar-refractivity contribution in [3.05, 3.63) is 53.6 Å². The Bertz CT molecular complexity index is 676. The Balaban J connectivity index is 2.09. The maximum atomic E-state index is 11.9. The Morgan fingerprint density at radius 1 is 1.14 bits per heavy atom. The minimum atomic E-state index is -0.296. The minimum absolute atomic E-state index is 0.0714. The second-order valence-corrected chi connectivity index (χ2v) is 5.03. The van der Waals surface area contributed by atoms with Gasteiger partial charge in [0.1, 0.15) is 11.9 Å². The lowest BCUT2D eigenvalue weighted by atomic mass is 9.91. The first-order chi connectivity index (χ1) is 10.2. The number of hydrogen-bond acceptors (Lipinski definition) is 3. The van der Waals surface area contributed by atoms with Gasteiger partial charge in [-0.05, 0) is 37.1 Å². The van der Waals surface area contributed by atoms with Crippen LogP contribution >= 0.6 is 0 Å². The van der Waals surface area contributed by atoms with Crippen molar-refractivity contribution in [2.45, 2.75) is 26.4 Å². The second-order valence-electron chi connectivity index (χ2n) is 5.03. The smallest absolute Gasteiger partial charge is 0.338 e. The highest BCUT2D eigenvalue weighted by molar-refractivity contribution is 5.92. The predicted octanol–water partition coefficient (Wildman–Crippen LogP) is 4.37. The summed E-state index contributed by atoms with van der Waals surface area (Å²) in [6.45, 7) is 4.29. The Hall–Kier alpha value is -2.29. The molecule has 0 saturated heterocycles. The maximum Gasteiger partial charge on any atom is 0.338 e.